The molecule has 24 heavy (non-hydrogen) atoms. The summed E-state index contributed by atoms with van der Waals surface area (Å²) >= 11 is 9.11. The molecule has 1 aliphatic carbocycles. The molecule has 7 heteroatoms. The third kappa shape index (κ3) is 2.57. The van der Waals surface area contributed by atoms with E-state index in [1.54, 1.807) is 24.3 Å². The average Bonchev–Trinajstić information content (AvgIpc) is 3.26. The van der Waals surface area contributed by atoms with E-state index in [1.165, 1.54) is 24.3 Å². The van der Waals surface area contributed by atoms with Gasteiger partial charge < -0.3 is 4.79 Å². The molecule has 3 rings (SSSR count). The van der Waals surface area contributed by atoms with Crippen LogP contribution >= 0.6 is 27.5 Å². The minimum absolute atomic E-state index is 0.0537. The van der Waals surface area contributed by atoms with Gasteiger partial charge in [0.15, 0.2) is 9.84 Å². The molecule has 0 aliphatic heterocycles. The summed E-state index contributed by atoms with van der Waals surface area (Å²) in [5, 5.41) is 8.80. The fourth-order valence-corrected chi connectivity index (χ4v) is 5.63. The van der Waals surface area contributed by atoms with Crippen molar-refractivity contribution in [2.24, 2.45) is 5.41 Å². The van der Waals surface area contributed by atoms with Crippen LogP contribution in [0.25, 0.3) is 0 Å². The number of halogens is 2. The number of aldehydes is 1. The standard InChI is InChI=1S/C17H11BrClNO3S/c18-12-3-1-11(2-4-12)15-16(17(15,9-20)10-21)24(22,23)14-7-5-13(19)6-8-14/h1-8,10,15-16H. The third-order valence-electron chi connectivity index (χ3n) is 4.27. The zero-order chi connectivity index (χ0) is 17.5. The number of benzene rings is 2. The van der Waals surface area contributed by atoms with Gasteiger partial charge in [-0.15, -0.1) is 0 Å². The summed E-state index contributed by atoms with van der Waals surface area (Å²) in [4.78, 5) is 11.6. The van der Waals surface area contributed by atoms with Crippen LogP contribution in [0.5, 0.6) is 0 Å². The minimum atomic E-state index is -3.85. The second-order valence-corrected chi connectivity index (χ2v) is 9.03. The van der Waals surface area contributed by atoms with Crippen LogP contribution in [0, 0.1) is 16.7 Å². The summed E-state index contributed by atoms with van der Waals surface area (Å²) in [6, 6.07) is 14.6. The summed E-state index contributed by atoms with van der Waals surface area (Å²) in [6.07, 6.45) is 0.456. The Hall–Kier alpha value is -1.68. The predicted molar refractivity (Wildman–Crippen MR) is 93.4 cm³/mol. The monoisotopic (exact) mass is 423 g/mol. The van der Waals surface area contributed by atoms with E-state index >= 15 is 0 Å². The van der Waals surface area contributed by atoms with Crippen LogP contribution < -0.4 is 0 Å². The molecular weight excluding hydrogens is 414 g/mol. The lowest BCUT2D eigenvalue weighted by atomic mass is 10.0. The highest BCUT2D eigenvalue weighted by atomic mass is 79.9. The van der Waals surface area contributed by atoms with Gasteiger partial charge in [-0.05, 0) is 42.0 Å². The van der Waals surface area contributed by atoms with E-state index in [2.05, 4.69) is 15.9 Å². The molecule has 0 spiro atoms. The van der Waals surface area contributed by atoms with E-state index < -0.39 is 26.4 Å². The molecule has 0 bridgehead atoms. The minimum Gasteiger partial charge on any atom is -0.302 e. The summed E-state index contributed by atoms with van der Waals surface area (Å²) in [5.74, 6) is -0.686. The van der Waals surface area contributed by atoms with Crippen molar-refractivity contribution in [3.63, 3.8) is 0 Å². The first kappa shape index (κ1) is 17.2. The Morgan fingerprint density at radius 2 is 1.71 bits per heavy atom. The number of hydrogen-bond donors (Lipinski definition) is 0. The van der Waals surface area contributed by atoms with Crippen LogP contribution in [0.15, 0.2) is 57.9 Å². The Bertz CT molecular complexity index is 935. The highest BCUT2D eigenvalue weighted by Gasteiger charge is 2.72. The van der Waals surface area contributed by atoms with Crippen LogP contribution in [-0.4, -0.2) is 20.0 Å². The van der Waals surface area contributed by atoms with Crippen molar-refractivity contribution in [2.75, 3.05) is 0 Å². The number of hydrogen-bond acceptors (Lipinski definition) is 4. The molecule has 2 aromatic carbocycles. The quantitative estimate of drug-likeness (QED) is 0.701. The molecule has 0 amide bonds. The maximum atomic E-state index is 12.9. The number of carbonyl (C=O) groups excluding carboxylic acids is 1. The highest BCUT2D eigenvalue weighted by molar-refractivity contribution is 9.10. The van der Waals surface area contributed by atoms with Gasteiger partial charge in [0.1, 0.15) is 17.0 Å². The first-order chi connectivity index (χ1) is 11.4. The lowest BCUT2D eigenvalue weighted by molar-refractivity contribution is -0.110. The van der Waals surface area contributed by atoms with Crippen LogP contribution in [0.3, 0.4) is 0 Å². The lowest BCUT2D eigenvalue weighted by Gasteiger charge is -2.04. The van der Waals surface area contributed by atoms with Crippen molar-refractivity contribution in [1.29, 1.82) is 5.26 Å². The fraction of sp³-hybridized carbons (Fsp3) is 0.176. The Labute approximate surface area is 153 Å². The topological polar surface area (TPSA) is 75.0 Å². The molecule has 0 radical (unpaired) electrons. The molecular formula is C17H11BrClNO3S. The maximum Gasteiger partial charge on any atom is 0.183 e. The van der Waals surface area contributed by atoms with Crippen LogP contribution in [0.2, 0.25) is 5.02 Å². The summed E-state index contributed by atoms with van der Waals surface area (Å²) < 4.78 is 26.7. The summed E-state index contributed by atoms with van der Waals surface area (Å²) in [7, 11) is -3.85. The van der Waals surface area contributed by atoms with E-state index in [1.807, 2.05) is 6.07 Å². The largest absolute Gasteiger partial charge is 0.302 e. The lowest BCUT2D eigenvalue weighted by Crippen LogP contribution is -2.16. The molecule has 1 aliphatic rings. The molecule has 0 heterocycles. The Kier molecular flexibility index (Phi) is 4.28. The van der Waals surface area contributed by atoms with Crippen LogP contribution in [0.1, 0.15) is 11.5 Å². The number of carbonyl (C=O) groups is 1. The summed E-state index contributed by atoms with van der Waals surface area (Å²) in [6.45, 7) is 0. The van der Waals surface area contributed by atoms with E-state index in [0.717, 1.165) is 4.47 Å². The van der Waals surface area contributed by atoms with E-state index in [4.69, 9.17) is 11.6 Å². The molecule has 122 valence electrons. The van der Waals surface area contributed by atoms with Crippen molar-refractivity contribution in [3.05, 3.63) is 63.6 Å². The molecule has 1 saturated carbocycles. The zero-order valence-electron chi connectivity index (χ0n) is 12.2. The summed E-state index contributed by atoms with van der Waals surface area (Å²) in [5.41, 5.74) is -0.916. The van der Waals surface area contributed by atoms with Gasteiger partial charge >= 0.3 is 0 Å². The van der Waals surface area contributed by atoms with Crippen molar-refractivity contribution in [2.45, 2.75) is 16.1 Å². The van der Waals surface area contributed by atoms with Gasteiger partial charge in [-0.25, -0.2) is 8.42 Å². The molecule has 3 unspecified atom stereocenters. The number of rotatable bonds is 4. The highest BCUT2D eigenvalue weighted by Crippen LogP contribution is 2.62. The second kappa shape index (κ2) is 5.99. The fourth-order valence-electron chi connectivity index (χ4n) is 3.00. The third-order valence-corrected chi connectivity index (χ3v) is 7.31. The smallest absolute Gasteiger partial charge is 0.183 e. The molecule has 0 N–H and O–H groups in total. The van der Waals surface area contributed by atoms with Crippen molar-refractivity contribution >= 4 is 43.7 Å². The maximum absolute atomic E-state index is 12.9. The zero-order valence-corrected chi connectivity index (χ0v) is 15.3. The second-order valence-electron chi connectivity index (χ2n) is 5.61. The van der Waals surface area contributed by atoms with Gasteiger partial charge in [-0.3, -0.25) is 0 Å². The molecule has 4 nitrogen and oxygen atoms in total. The Balaban J connectivity index is 2.08. The van der Waals surface area contributed by atoms with Crippen LogP contribution in [-0.2, 0) is 14.6 Å². The van der Waals surface area contributed by atoms with Crippen molar-refractivity contribution < 1.29 is 13.2 Å². The average molecular weight is 425 g/mol. The van der Waals surface area contributed by atoms with Gasteiger partial charge in [0.2, 0.25) is 0 Å². The van der Waals surface area contributed by atoms with Crippen LogP contribution in [0.4, 0.5) is 0 Å². The van der Waals surface area contributed by atoms with Gasteiger partial charge in [-0.2, -0.15) is 5.26 Å². The molecule has 2 aromatic rings. The molecule has 3 atom stereocenters. The SMILES string of the molecule is N#CC1(C=O)C(c2ccc(Br)cc2)C1S(=O)(=O)c1ccc(Cl)cc1. The van der Waals surface area contributed by atoms with Crippen molar-refractivity contribution in [3.8, 4) is 6.07 Å². The van der Waals surface area contributed by atoms with E-state index in [0.29, 0.717) is 16.9 Å². The normalized spacial score (nSPS) is 25.7. The van der Waals surface area contributed by atoms with Crippen molar-refractivity contribution in [1.82, 2.24) is 0 Å². The number of nitriles is 1. The number of sulfone groups is 1. The van der Waals surface area contributed by atoms with E-state index in [-0.39, 0.29) is 4.90 Å². The molecule has 0 aromatic heterocycles. The van der Waals surface area contributed by atoms with Gasteiger partial charge in [0, 0.05) is 15.4 Å². The Morgan fingerprint density at radius 1 is 1.12 bits per heavy atom. The predicted octanol–water partition coefficient (Wildman–Crippen LogP) is 3.75. The molecule has 1 fully saturated rings. The van der Waals surface area contributed by atoms with Gasteiger partial charge in [-0.1, -0.05) is 39.7 Å². The molecule has 0 saturated heterocycles. The number of nitrogens with zero attached hydrogens (tertiary/aromatic N) is 1. The first-order valence-electron chi connectivity index (χ1n) is 6.99. The van der Waals surface area contributed by atoms with Gasteiger partial charge in [0.25, 0.3) is 0 Å². The Morgan fingerprint density at radius 3 is 2.21 bits per heavy atom. The van der Waals surface area contributed by atoms with Gasteiger partial charge in [0.05, 0.1) is 11.0 Å². The van der Waals surface area contributed by atoms with E-state index in [9.17, 15) is 18.5 Å². The first-order valence-corrected chi connectivity index (χ1v) is 9.71.